The summed E-state index contributed by atoms with van der Waals surface area (Å²) in [6.07, 6.45) is 2.54. The van der Waals surface area contributed by atoms with Crippen LogP contribution in [0.5, 0.6) is 5.75 Å². The van der Waals surface area contributed by atoms with Crippen molar-refractivity contribution in [2.45, 2.75) is 44.3 Å². The Morgan fingerprint density at radius 3 is 2.67 bits per heavy atom. The summed E-state index contributed by atoms with van der Waals surface area (Å²) in [7, 11) is 2.18. The van der Waals surface area contributed by atoms with Gasteiger partial charge in [0.25, 0.3) is 11.8 Å². The van der Waals surface area contributed by atoms with Crippen molar-refractivity contribution in [3.8, 4) is 5.75 Å². The van der Waals surface area contributed by atoms with Crippen LogP contribution in [0.3, 0.4) is 0 Å². The van der Waals surface area contributed by atoms with Crippen LogP contribution in [-0.2, 0) is 17.8 Å². The Labute approximate surface area is 188 Å². The summed E-state index contributed by atoms with van der Waals surface area (Å²) >= 11 is 0. The van der Waals surface area contributed by atoms with Crippen molar-refractivity contribution in [2.24, 2.45) is 11.8 Å². The molecule has 1 aromatic heterocycles. The fraction of sp³-hybridized carbons (Fsp3) is 0.409. The number of carbonyl (C=O) groups is 2. The minimum absolute atomic E-state index is 0.0372. The number of carbonyl (C=O) groups excluding carboxylic acids is 2. The van der Waals surface area contributed by atoms with E-state index < -0.39 is 53.0 Å². The molecule has 2 N–H and O–H groups in total. The lowest BCUT2D eigenvalue weighted by atomic mass is 10.0. The number of hydrogen-bond donors (Lipinski definition) is 2. The molecule has 2 amide bonds. The molecule has 11 heteroatoms. The Morgan fingerprint density at radius 2 is 1.94 bits per heavy atom. The Hall–Kier alpha value is -2.84. The van der Waals surface area contributed by atoms with Gasteiger partial charge in [0.05, 0.1) is 12.6 Å². The van der Waals surface area contributed by atoms with E-state index in [2.05, 4.69) is 14.6 Å². The molecule has 0 radical (unpaired) electrons. The average molecular weight is 475 g/mol. The van der Waals surface area contributed by atoms with Crippen LogP contribution in [0.25, 0.3) is 0 Å². The van der Waals surface area contributed by atoms with Crippen molar-refractivity contribution >= 4 is 26.4 Å². The average Bonchev–Trinajstić information content (AvgIpc) is 3.50. The maximum Gasteiger partial charge on any atom is 0.276 e. The highest BCUT2D eigenvalue weighted by Crippen LogP contribution is 2.58. The number of pyridine rings is 1. The van der Waals surface area contributed by atoms with E-state index >= 15 is 0 Å². The quantitative estimate of drug-likeness (QED) is 0.642. The van der Waals surface area contributed by atoms with Gasteiger partial charge in [0, 0.05) is 24.3 Å². The molecule has 8 nitrogen and oxygen atoms in total. The lowest BCUT2D eigenvalue weighted by Gasteiger charge is -2.45. The topological polar surface area (TPSA) is 101 Å². The van der Waals surface area contributed by atoms with Gasteiger partial charge >= 0.3 is 0 Å². The zero-order valence-electron chi connectivity index (χ0n) is 17.3. The number of nitrogens with zero attached hydrogens (tertiary/aromatic N) is 2. The molecule has 172 valence electrons. The first-order chi connectivity index (χ1) is 15.7. The van der Waals surface area contributed by atoms with Crippen molar-refractivity contribution in [3.05, 3.63) is 57.0 Å². The van der Waals surface area contributed by atoms with Crippen LogP contribution in [0.2, 0.25) is 0 Å². The molecule has 6 atom stereocenters. The highest BCUT2D eigenvalue weighted by molar-refractivity contribution is 7.27. The third-order valence-electron chi connectivity index (χ3n) is 7.22. The van der Waals surface area contributed by atoms with Gasteiger partial charge in [-0.1, -0.05) is 0 Å². The van der Waals surface area contributed by atoms with Crippen molar-refractivity contribution in [1.82, 2.24) is 14.8 Å². The van der Waals surface area contributed by atoms with Gasteiger partial charge in [-0.05, 0) is 42.1 Å². The first-order valence-electron chi connectivity index (χ1n) is 10.7. The van der Waals surface area contributed by atoms with E-state index in [0.29, 0.717) is 17.1 Å². The SMILES string of the molecule is O=C(NCc1c(F)cc(P)cc1F)c1cn2c(c(O)c1=O)C(=O)N1C(C2)OC2C[C@H]1C1CC21. The van der Waals surface area contributed by atoms with Gasteiger partial charge in [-0.3, -0.25) is 14.4 Å². The van der Waals surface area contributed by atoms with Crippen LogP contribution < -0.4 is 16.1 Å². The largest absolute Gasteiger partial charge is 0.503 e. The van der Waals surface area contributed by atoms with E-state index in [0.717, 1.165) is 25.0 Å². The van der Waals surface area contributed by atoms with E-state index in [1.807, 2.05) is 0 Å². The van der Waals surface area contributed by atoms with Crippen molar-refractivity contribution in [1.29, 1.82) is 0 Å². The predicted octanol–water partition coefficient (Wildman–Crippen LogP) is 0.852. The summed E-state index contributed by atoms with van der Waals surface area (Å²) in [5.74, 6) is -3.05. The molecule has 3 heterocycles. The molecule has 2 aliphatic heterocycles. The fourth-order valence-electron chi connectivity index (χ4n) is 5.59. The molecule has 3 fully saturated rings. The third kappa shape index (κ3) is 3.04. The van der Waals surface area contributed by atoms with Gasteiger partial charge in [-0.2, -0.15) is 0 Å². The summed E-state index contributed by atoms with van der Waals surface area (Å²) in [6, 6.07) is 2.25. The van der Waals surface area contributed by atoms with Gasteiger partial charge in [0.1, 0.15) is 17.2 Å². The molecule has 1 aromatic carbocycles. The summed E-state index contributed by atoms with van der Waals surface area (Å²) in [6.45, 7) is -0.325. The minimum Gasteiger partial charge on any atom is -0.503 e. The number of rotatable bonds is 3. The molecule has 2 aromatic rings. The lowest BCUT2D eigenvalue weighted by molar-refractivity contribution is -0.144. The fourth-order valence-corrected chi connectivity index (χ4v) is 5.88. The summed E-state index contributed by atoms with van der Waals surface area (Å²) < 4.78 is 35.6. The molecular formula is C22H20F2N3O5P. The van der Waals surface area contributed by atoms with E-state index in [9.17, 15) is 28.3 Å². The van der Waals surface area contributed by atoms with E-state index in [1.165, 1.54) is 10.8 Å². The third-order valence-corrected chi connectivity index (χ3v) is 7.55. The van der Waals surface area contributed by atoms with Crippen LogP contribution in [0.15, 0.2) is 23.1 Å². The second-order valence-corrected chi connectivity index (χ2v) is 9.74. The Morgan fingerprint density at radius 1 is 1.21 bits per heavy atom. The highest BCUT2D eigenvalue weighted by Gasteiger charge is 2.63. The summed E-state index contributed by atoms with van der Waals surface area (Å²) in [5.41, 5.74) is -1.97. The van der Waals surface area contributed by atoms with Gasteiger partial charge in [0.2, 0.25) is 5.43 Å². The molecule has 5 unspecified atom stereocenters. The molecule has 33 heavy (non-hydrogen) atoms. The zero-order valence-corrected chi connectivity index (χ0v) is 18.4. The molecule has 1 saturated heterocycles. The number of hydrogen-bond acceptors (Lipinski definition) is 5. The van der Waals surface area contributed by atoms with Gasteiger partial charge < -0.3 is 24.6 Å². The first-order valence-corrected chi connectivity index (χ1v) is 11.3. The second-order valence-electron chi connectivity index (χ2n) is 9.08. The molecule has 2 saturated carbocycles. The Bertz CT molecular complexity index is 1270. The number of benzene rings is 1. The number of ether oxygens (including phenoxy) is 1. The maximum absolute atomic E-state index is 14.1. The zero-order chi connectivity index (χ0) is 23.2. The predicted molar refractivity (Wildman–Crippen MR) is 114 cm³/mol. The maximum atomic E-state index is 14.1. The molecule has 2 bridgehead atoms. The van der Waals surface area contributed by atoms with Crippen molar-refractivity contribution in [3.63, 3.8) is 0 Å². The van der Waals surface area contributed by atoms with Gasteiger partial charge in [-0.25, -0.2) is 8.78 Å². The van der Waals surface area contributed by atoms with Crippen LogP contribution in [0.1, 0.15) is 39.3 Å². The van der Waals surface area contributed by atoms with E-state index in [1.54, 1.807) is 4.90 Å². The van der Waals surface area contributed by atoms with Crippen LogP contribution in [0, 0.1) is 23.5 Å². The lowest BCUT2D eigenvalue weighted by Crippen LogP contribution is -2.58. The normalized spacial score (nSPS) is 28.8. The van der Waals surface area contributed by atoms with E-state index in [-0.39, 0.29) is 29.9 Å². The number of fused-ring (bicyclic) bond motifs is 8. The van der Waals surface area contributed by atoms with Crippen molar-refractivity contribution in [2.75, 3.05) is 0 Å². The van der Waals surface area contributed by atoms with Crippen LogP contribution in [0.4, 0.5) is 8.78 Å². The van der Waals surface area contributed by atoms with Crippen LogP contribution in [-0.4, -0.2) is 44.8 Å². The van der Waals surface area contributed by atoms with E-state index in [4.69, 9.17) is 4.74 Å². The second kappa shape index (κ2) is 7.08. The molecule has 2 aliphatic carbocycles. The van der Waals surface area contributed by atoms with Crippen LogP contribution >= 0.6 is 9.24 Å². The molecule has 0 spiro atoms. The Kier molecular flexibility index (Phi) is 4.45. The standard InChI is InChI=1S/C22H20F2N3O5P/c23-13-1-8(33)2-14(24)11(13)5-25-21(30)12-6-26-7-17-27(22(31)18(26)20(29)19(12)28)15-4-16(32-17)10-3-9(10)15/h1-2,6,9-10,15-17,29H,3-5,7,33H2,(H,25,30)/t9?,10?,15-,16?,17?/m0/s1. The minimum atomic E-state index is -1.02. The number of aromatic nitrogens is 1. The smallest absolute Gasteiger partial charge is 0.276 e. The van der Waals surface area contributed by atoms with Crippen molar-refractivity contribution < 1.29 is 28.2 Å². The van der Waals surface area contributed by atoms with Gasteiger partial charge in [0.15, 0.2) is 17.7 Å². The number of amides is 2. The van der Waals surface area contributed by atoms with Gasteiger partial charge in [-0.15, -0.1) is 9.24 Å². The monoisotopic (exact) mass is 475 g/mol. The number of aromatic hydroxyl groups is 1. The summed E-state index contributed by atoms with van der Waals surface area (Å²) in [5, 5.41) is 13.2. The number of nitrogens with one attached hydrogen (secondary N) is 1. The first kappa shape index (κ1) is 20.7. The number of halogens is 2. The molecule has 6 rings (SSSR count). The molecular weight excluding hydrogens is 455 g/mol. The summed E-state index contributed by atoms with van der Waals surface area (Å²) in [4.78, 5) is 40.3. The highest BCUT2D eigenvalue weighted by atomic mass is 31.0. The Balaban J connectivity index is 1.30. The molecule has 4 aliphatic rings.